The fourth-order valence-corrected chi connectivity index (χ4v) is 3.42. The molecule has 1 unspecified atom stereocenters. The largest absolute Gasteiger partial charge is 0.382 e. The SMILES string of the molecule is Cn1cc(-c2ccc(F)c(-c3cnc(N)c(C(=O)NC4CNC[C@@H](F)C4)n3)c2)cn1. The lowest BCUT2D eigenvalue weighted by atomic mass is 10.0. The maximum atomic E-state index is 14.6. The molecule has 10 heteroatoms. The van der Waals surface area contributed by atoms with E-state index < -0.39 is 23.9 Å². The Labute approximate surface area is 171 Å². The van der Waals surface area contributed by atoms with Crippen molar-refractivity contribution in [2.45, 2.75) is 18.6 Å². The second-order valence-electron chi connectivity index (χ2n) is 7.25. The van der Waals surface area contributed by atoms with Crippen molar-refractivity contribution in [3.05, 3.63) is 48.3 Å². The zero-order valence-electron chi connectivity index (χ0n) is 16.3. The maximum Gasteiger partial charge on any atom is 0.274 e. The van der Waals surface area contributed by atoms with Crippen LogP contribution in [0.3, 0.4) is 0 Å². The van der Waals surface area contributed by atoms with Gasteiger partial charge >= 0.3 is 0 Å². The lowest BCUT2D eigenvalue weighted by Gasteiger charge is -2.26. The lowest BCUT2D eigenvalue weighted by Crippen LogP contribution is -2.49. The molecule has 30 heavy (non-hydrogen) atoms. The Balaban J connectivity index is 1.63. The van der Waals surface area contributed by atoms with Crippen LogP contribution in [0, 0.1) is 5.82 Å². The fourth-order valence-electron chi connectivity index (χ4n) is 3.42. The zero-order valence-corrected chi connectivity index (χ0v) is 16.3. The van der Waals surface area contributed by atoms with Gasteiger partial charge in [0.15, 0.2) is 11.5 Å². The number of nitrogens with zero attached hydrogens (tertiary/aromatic N) is 4. The first-order valence-electron chi connectivity index (χ1n) is 9.48. The van der Waals surface area contributed by atoms with Gasteiger partial charge in [0.2, 0.25) is 0 Å². The molecule has 0 saturated carbocycles. The van der Waals surface area contributed by atoms with Gasteiger partial charge in [-0.25, -0.2) is 18.7 Å². The van der Waals surface area contributed by atoms with Crippen LogP contribution in [0.25, 0.3) is 22.4 Å². The third-order valence-corrected chi connectivity index (χ3v) is 4.93. The molecule has 1 fully saturated rings. The highest BCUT2D eigenvalue weighted by atomic mass is 19.1. The molecule has 1 amide bonds. The summed E-state index contributed by atoms with van der Waals surface area (Å²) in [6, 6.07) is 4.19. The average molecular weight is 413 g/mol. The van der Waals surface area contributed by atoms with Crippen LogP contribution in [0.5, 0.6) is 0 Å². The Morgan fingerprint density at radius 3 is 2.87 bits per heavy atom. The minimum absolute atomic E-state index is 0.0827. The van der Waals surface area contributed by atoms with Crippen LogP contribution < -0.4 is 16.4 Å². The maximum absolute atomic E-state index is 14.6. The fraction of sp³-hybridized carbons (Fsp3) is 0.300. The van der Waals surface area contributed by atoms with Gasteiger partial charge in [0, 0.05) is 49.9 Å². The monoisotopic (exact) mass is 413 g/mol. The van der Waals surface area contributed by atoms with Crippen LogP contribution in [0.15, 0.2) is 36.8 Å². The molecule has 1 aliphatic rings. The summed E-state index contributed by atoms with van der Waals surface area (Å²) in [5.41, 5.74) is 7.61. The minimum atomic E-state index is -1.04. The Hall–Kier alpha value is -3.40. The predicted octanol–water partition coefficient (Wildman–Crippen LogP) is 1.70. The van der Waals surface area contributed by atoms with Gasteiger partial charge in [-0.3, -0.25) is 9.48 Å². The van der Waals surface area contributed by atoms with Crippen molar-refractivity contribution in [3.63, 3.8) is 0 Å². The summed E-state index contributed by atoms with van der Waals surface area (Å²) >= 11 is 0. The first-order valence-corrected chi connectivity index (χ1v) is 9.48. The summed E-state index contributed by atoms with van der Waals surface area (Å²) in [6.07, 6.45) is 3.95. The highest BCUT2D eigenvalue weighted by molar-refractivity contribution is 5.97. The number of amides is 1. The molecule has 0 aliphatic carbocycles. The summed E-state index contributed by atoms with van der Waals surface area (Å²) in [7, 11) is 1.79. The summed E-state index contributed by atoms with van der Waals surface area (Å²) in [4.78, 5) is 20.9. The van der Waals surface area contributed by atoms with Crippen LogP contribution in [0.4, 0.5) is 14.6 Å². The molecule has 4 rings (SSSR count). The lowest BCUT2D eigenvalue weighted by molar-refractivity contribution is 0.0914. The first kappa shape index (κ1) is 19.9. The number of hydrogen-bond donors (Lipinski definition) is 3. The predicted molar refractivity (Wildman–Crippen MR) is 108 cm³/mol. The molecular weight excluding hydrogens is 392 g/mol. The molecule has 1 saturated heterocycles. The molecule has 2 aromatic heterocycles. The molecule has 1 aliphatic heterocycles. The molecule has 0 bridgehead atoms. The standard InChI is InChI=1S/C20H21F2N7O/c1-29-10-12(6-26-29)11-2-3-16(22)15(4-11)17-9-25-19(23)18(28-17)20(30)27-14-5-13(21)7-24-8-14/h2-4,6,9-10,13-14,24H,5,7-8H2,1H3,(H2,23,25)(H,27,30)/t13-,14?/m0/s1. The van der Waals surface area contributed by atoms with E-state index in [0.29, 0.717) is 6.54 Å². The highest BCUT2D eigenvalue weighted by Gasteiger charge is 2.25. The van der Waals surface area contributed by atoms with Crippen LogP contribution >= 0.6 is 0 Å². The number of aromatic nitrogens is 4. The van der Waals surface area contributed by atoms with Gasteiger partial charge in [-0.15, -0.1) is 0 Å². The van der Waals surface area contributed by atoms with Crippen LogP contribution in [0.2, 0.25) is 0 Å². The van der Waals surface area contributed by atoms with Gasteiger partial charge in [0.1, 0.15) is 12.0 Å². The van der Waals surface area contributed by atoms with E-state index in [9.17, 15) is 13.6 Å². The number of rotatable bonds is 4. The van der Waals surface area contributed by atoms with Crippen LogP contribution in [0.1, 0.15) is 16.9 Å². The summed E-state index contributed by atoms with van der Waals surface area (Å²) in [5.74, 6) is -1.17. The van der Waals surface area contributed by atoms with E-state index in [0.717, 1.165) is 11.1 Å². The smallest absolute Gasteiger partial charge is 0.274 e. The van der Waals surface area contributed by atoms with Crippen LogP contribution in [-0.4, -0.2) is 51.0 Å². The number of nitrogens with two attached hydrogens (primary N) is 1. The van der Waals surface area contributed by atoms with Gasteiger partial charge in [0.05, 0.1) is 18.1 Å². The molecule has 0 spiro atoms. The zero-order chi connectivity index (χ0) is 21.3. The van der Waals surface area contributed by atoms with Gasteiger partial charge in [-0.1, -0.05) is 6.07 Å². The molecule has 156 valence electrons. The van der Waals surface area contributed by atoms with E-state index in [-0.39, 0.29) is 35.7 Å². The molecule has 3 heterocycles. The van der Waals surface area contributed by atoms with Gasteiger partial charge in [-0.2, -0.15) is 5.10 Å². The molecule has 4 N–H and O–H groups in total. The summed E-state index contributed by atoms with van der Waals surface area (Å²) in [5, 5.41) is 9.74. The Morgan fingerprint density at radius 2 is 2.13 bits per heavy atom. The highest BCUT2D eigenvalue weighted by Crippen LogP contribution is 2.28. The van der Waals surface area contributed by atoms with Crippen molar-refractivity contribution >= 4 is 11.7 Å². The minimum Gasteiger partial charge on any atom is -0.382 e. The van der Waals surface area contributed by atoms with Crippen molar-refractivity contribution in [1.29, 1.82) is 0 Å². The number of hydrogen-bond acceptors (Lipinski definition) is 6. The van der Waals surface area contributed by atoms with E-state index in [1.54, 1.807) is 36.3 Å². The third kappa shape index (κ3) is 4.13. The molecule has 1 aromatic carbocycles. The molecular formula is C20H21F2N7O. The van der Waals surface area contributed by atoms with E-state index >= 15 is 0 Å². The first-order chi connectivity index (χ1) is 14.4. The van der Waals surface area contributed by atoms with E-state index in [1.165, 1.54) is 12.3 Å². The Morgan fingerprint density at radius 1 is 1.30 bits per heavy atom. The molecule has 2 atom stereocenters. The normalized spacial score (nSPS) is 18.9. The van der Waals surface area contributed by atoms with Crippen molar-refractivity contribution in [2.75, 3.05) is 18.8 Å². The van der Waals surface area contributed by atoms with Crippen molar-refractivity contribution in [1.82, 2.24) is 30.4 Å². The van der Waals surface area contributed by atoms with Crippen LogP contribution in [-0.2, 0) is 7.05 Å². The third-order valence-electron chi connectivity index (χ3n) is 4.93. The Kier molecular flexibility index (Phi) is 5.40. The second-order valence-corrected chi connectivity index (χ2v) is 7.25. The number of halogens is 2. The van der Waals surface area contributed by atoms with Gasteiger partial charge in [0.25, 0.3) is 5.91 Å². The van der Waals surface area contributed by atoms with Gasteiger partial charge in [-0.05, 0) is 17.7 Å². The molecule has 8 nitrogen and oxygen atoms in total. The second kappa shape index (κ2) is 8.15. The number of carbonyl (C=O) groups excluding carboxylic acids is 1. The number of aryl methyl sites for hydroxylation is 1. The summed E-state index contributed by atoms with van der Waals surface area (Å²) in [6.45, 7) is 0.706. The number of carbonyl (C=O) groups is 1. The summed E-state index contributed by atoms with van der Waals surface area (Å²) < 4.78 is 29.8. The number of benzene rings is 1. The Bertz CT molecular complexity index is 1080. The van der Waals surface area contributed by atoms with Crippen molar-refractivity contribution in [3.8, 4) is 22.4 Å². The number of nitrogens with one attached hydrogen (secondary N) is 2. The molecule has 3 aromatic rings. The van der Waals surface area contributed by atoms with E-state index in [1.807, 2.05) is 0 Å². The van der Waals surface area contributed by atoms with E-state index in [2.05, 4.69) is 25.7 Å². The number of piperidine rings is 1. The quantitative estimate of drug-likeness (QED) is 0.600. The number of nitrogen functional groups attached to an aromatic ring is 1. The number of anilines is 1. The molecule has 0 radical (unpaired) electrons. The average Bonchev–Trinajstić information content (AvgIpc) is 3.15. The van der Waals surface area contributed by atoms with E-state index in [4.69, 9.17) is 5.73 Å². The van der Waals surface area contributed by atoms with Gasteiger partial charge < -0.3 is 16.4 Å². The number of alkyl halides is 1. The topological polar surface area (TPSA) is 111 Å². The van der Waals surface area contributed by atoms with Crippen molar-refractivity contribution < 1.29 is 13.6 Å². The van der Waals surface area contributed by atoms with Crippen molar-refractivity contribution in [2.24, 2.45) is 7.05 Å².